The molecule has 1 atom stereocenters. The summed E-state index contributed by atoms with van der Waals surface area (Å²) in [7, 11) is 0. The number of hydrogen-bond donors (Lipinski definition) is 0. The van der Waals surface area contributed by atoms with Gasteiger partial charge in [-0.05, 0) is 44.4 Å². The van der Waals surface area contributed by atoms with Gasteiger partial charge in [-0.25, -0.2) is 9.97 Å². The summed E-state index contributed by atoms with van der Waals surface area (Å²) < 4.78 is 2.11. The molecule has 2 aromatic heterocycles. The fourth-order valence-electron chi connectivity index (χ4n) is 2.87. The van der Waals surface area contributed by atoms with E-state index in [0.29, 0.717) is 6.54 Å². The molecule has 1 unspecified atom stereocenters. The highest BCUT2D eigenvalue weighted by molar-refractivity contribution is 5.72. The van der Waals surface area contributed by atoms with Crippen molar-refractivity contribution in [1.29, 1.82) is 5.26 Å². The van der Waals surface area contributed by atoms with Gasteiger partial charge in [0, 0.05) is 19.2 Å². The minimum absolute atomic E-state index is 0.0661. The lowest BCUT2D eigenvalue weighted by atomic mass is 10.1. The van der Waals surface area contributed by atoms with Crippen LogP contribution in [-0.4, -0.2) is 14.5 Å². The number of nitrogens with zero attached hydrogens (tertiary/aromatic N) is 4. The molecule has 0 amide bonds. The molecule has 2 heterocycles. The predicted octanol–water partition coefficient (Wildman–Crippen LogP) is 3.99. The van der Waals surface area contributed by atoms with Gasteiger partial charge in [0.2, 0.25) is 0 Å². The molecule has 4 nitrogen and oxygen atoms in total. The SMILES string of the molecule is Cc1ccc(CCc2nc3cc(C)cnc3n2CC(C)C#N)cc1. The van der Waals surface area contributed by atoms with Crippen molar-refractivity contribution in [1.82, 2.24) is 14.5 Å². The first-order valence-corrected chi connectivity index (χ1v) is 8.33. The third kappa shape index (κ3) is 3.46. The quantitative estimate of drug-likeness (QED) is 0.714. The van der Waals surface area contributed by atoms with Crippen LogP contribution in [0.3, 0.4) is 0 Å². The molecule has 3 rings (SSSR count). The molecular formula is C20H22N4. The molecule has 0 fully saturated rings. The van der Waals surface area contributed by atoms with Gasteiger partial charge in [-0.3, -0.25) is 0 Å². The first-order chi connectivity index (χ1) is 11.6. The molecule has 0 saturated heterocycles. The molecule has 4 heteroatoms. The van der Waals surface area contributed by atoms with E-state index in [1.54, 1.807) is 0 Å². The smallest absolute Gasteiger partial charge is 0.160 e. The van der Waals surface area contributed by atoms with Crippen molar-refractivity contribution in [3.63, 3.8) is 0 Å². The van der Waals surface area contributed by atoms with E-state index in [-0.39, 0.29) is 5.92 Å². The second kappa shape index (κ2) is 6.84. The molecule has 0 saturated carbocycles. The van der Waals surface area contributed by atoms with E-state index in [0.717, 1.165) is 35.4 Å². The van der Waals surface area contributed by atoms with Crippen molar-refractivity contribution in [2.45, 2.75) is 40.2 Å². The van der Waals surface area contributed by atoms with Crippen LogP contribution >= 0.6 is 0 Å². The van der Waals surface area contributed by atoms with Crippen LogP contribution in [0.25, 0.3) is 11.2 Å². The molecule has 0 aliphatic rings. The zero-order valence-corrected chi connectivity index (χ0v) is 14.5. The first-order valence-electron chi connectivity index (χ1n) is 8.33. The topological polar surface area (TPSA) is 54.5 Å². The number of rotatable bonds is 5. The molecule has 24 heavy (non-hydrogen) atoms. The van der Waals surface area contributed by atoms with E-state index in [2.05, 4.69) is 52.9 Å². The van der Waals surface area contributed by atoms with Gasteiger partial charge in [0.15, 0.2) is 5.65 Å². The molecule has 1 aromatic carbocycles. The molecule has 0 radical (unpaired) electrons. The third-order valence-corrected chi connectivity index (χ3v) is 4.24. The summed E-state index contributed by atoms with van der Waals surface area (Å²) in [6.07, 6.45) is 3.64. The Kier molecular flexibility index (Phi) is 4.61. The normalized spacial score (nSPS) is 12.2. The summed E-state index contributed by atoms with van der Waals surface area (Å²) in [6, 6.07) is 13.0. The number of benzene rings is 1. The lowest BCUT2D eigenvalue weighted by molar-refractivity contribution is 0.565. The van der Waals surface area contributed by atoms with Gasteiger partial charge < -0.3 is 4.57 Å². The van der Waals surface area contributed by atoms with Crippen molar-refractivity contribution in [2.24, 2.45) is 5.92 Å². The van der Waals surface area contributed by atoms with Crippen LogP contribution in [-0.2, 0) is 19.4 Å². The van der Waals surface area contributed by atoms with Crippen molar-refractivity contribution in [3.05, 3.63) is 59.0 Å². The number of aromatic nitrogens is 3. The van der Waals surface area contributed by atoms with Crippen LogP contribution in [0.5, 0.6) is 0 Å². The van der Waals surface area contributed by atoms with Crippen LogP contribution < -0.4 is 0 Å². The monoisotopic (exact) mass is 318 g/mol. The average molecular weight is 318 g/mol. The van der Waals surface area contributed by atoms with Crippen molar-refractivity contribution < 1.29 is 0 Å². The largest absolute Gasteiger partial charge is 0.311 e. The summed E-state index contributed by atoms with van der Waals surface area (Å²) in [5, 5.41) is 9.17. The van der Waals surface area contributed by atoms with Crippen molar-refractivity contribution >= 4 is 11.2 Å². The standard InChI is InChI=1S/C20H22N4/c1-14-4-6-17(7-5-14)8-9-19-23-18-10-15(2)12-22-20(18)24(19)13-16(3)11-21/h4-7,10,12,16H,8-9,13H2,1-3H3. The molecule has 0 spiro atoms. The Labute approximate surface area is 142 Å². The van der Waals surface area contributed by atoms with Gasteiger partial charge in [0.1, 0.15) is 11.3 Å². The lowest BCUT2D eigenvalue weighted by Crippen LogP contribution is -2.11. The third-order valence-electron chi connectivity index (χ3n) is 4.24. The molecule has 0 bridgehead atoms. The van der Waals surface area contributed by atoms with Gasteiger partial charge in [-0.2, -0.15) is 5.26 Å². The van der Waals surface area contributed by atoms with Crippen molar-refractivity contribution in [3.8, 4) is 6.07 Å². The van der Waals surface area contributed by atoms with Crippen LogP contribution in [0, 0.1) is 31.1 Å². The highest BCUT2D eigenvalue weighted by atomic mass is 15.1. The molecule has 0 N–H and O–H groups in total. The predicted molar refractivity (Wildman–Crippen MR) is 95.6 cm³/mol. The Balaban J connectivity index is 1.91. The van der Waals surface area contributed by atoms with E-state index in [4.69, 9.17) is 4.98 Å². The number of fused-ring (bicyclic) bond motifs is 1. The number of nitriles is 1. The second-order valence-electron chi connectivity index (χ2n) is 6.51. The zero-order chi connectivity index (χ0) is 17.1. The van der Waals surface area contributed by atoms with E-state index in [9.17, 15) is 5.26 Å². The molecule has 122 valence electrons. The summed E-state index contributed by atoms with van der Waals surface area (Å²) in [6.45, 7) is 6.69. The van der Waals surface area contributed by atoms with Crippen LogP contribution in [0.1, 0.15) is 29.4 Å². The van der Waals surface area contributed by atoms with Crippen molar-refractivity contribution in [2.75, 3.05) is 0 Å². The molecule has 0 aliphatic carbocycles. The Morgan fingerprint density at radius 3 is 2.58 bits per heavy atom. The summed E-state index contributed by atoms with van der Waals surface area (Å²) in [5.74, 6) is 0.939. The fraction of sp³-hybridized carbons (Fsp3) is 0.350. The van der Waals surface area contributed by atoms with E-state index in [1.165, 1.54) is 11.1 Å². The maximum atomic E-state index is 9.17. The van der Waals surface area contributed by atoms with E-state index < -0.39 is 0 Å². The van der Waals surface area contributed by atoms with Gasteiger partial charge in [0.05, 0.1) is 12.0 Å². The minimum Gasteiger partial charge on any atom is -0.311 e. The Morgan fingerprint density at radius 1 is 1.12 bits per heavy atom. The van der Waals surface area contributed by atoms with Crippen LogP contribution in [0.4, 0.5) is 0 Å². The zero-order valence-electron chi connectivity index (χ0n) is 14.5. The Hall–Kier alpha value is -2.67. The molecule has 3 aromatic rings. The second-order valence-corrected chi connectivity index (χ2v) is 6.51. The van der Waals surface area contributed by atoms with E-state index >= 15 is 0 Å². The molecule has 0 aliphatic heterocycles. The van der Waals surface area contributed by atoms with E-state index in [1.807, 2.05) is 20.0 Å². The van der Waals surface area contributed by atoms with Gasteiger partial charge in [-0.15, -0.1) is 0 Å². The average Bonchev–Trinajstić information content (AvgIpc) is 2.91. The summed E-state index contributed by atoms with van der Waals surface area (Å²) in [4.78, 5) is 9.33. The number of aryl methyl sites for hydroxylation is 4. The van der Waals surface area contributed by atoms with Gasteiger partial charge in [-0.1, -0.05) is 29.8 Å². The lowest BCUT2D eigenvalue weighted by Gasteiger charge is -2.10. The number of pyridine rings is 1. The fourth-order valence-corrected chi connectivity index (χ4v) is 2.87. The van der Waals surface area contributed by atoms with Crippen LogP contribution in [0.15, 0.2) is 36.5 Å². The van der Waals surface area contributed by atoms with Crippen LogP contribution in [0.2, 0.25) is 0 Å². The maximum Gasteiger partial charge on any atom is 0.160 e. The summed E-state index contributed by atoms with van der Waals surface area (Å²) >= 11 is 0. The first kappa shape index (κ1) is 16.2. The highest BCUT2D eigenvalue weighted by Crippen LogP contribution is 2.19. The minimum atomic E-state index is -0.0661. The number of hydrogen-bond acceptors (Lipinski definition) is 3. The highest BCUT2D eigenvalue weighted by Gasteiger charge is 2.14. The van der Waals surface area contributed by atoms with Gasteiger partial charge in [0.25, 0.3) is 0 Å². The maximum absolute atomic E-state index is 9.17. The Morgan fingerprint density at radius 2 is 1.88 bits per heavy atom. The Bertz CT molecular complexity index is 884. The molecular weight excluding hydrogens is 296 g/mol. The number of imidazole rings is 1. The van der Waals surface area contributed by atoms with Gasteiger partial charge >= 0.3 is 0 Å². The summed E-state index contributed by atoms with van der Waals surface area (Å²) in [5.41, 5.74) is 5.47.